The van der Waals surface area contributed by atoms with E-state index in [1.54, 1.807) is 0 Å². The summed E-state index contributed by atoms with van der Waals surface area (Å²) in [5.74, 6) is -0.494. The second-order valence-electron chi connectivity index (χ2n) is 18.1. The summed E-state index contributed by atoms with van der Waals surface area (Å²) < 4.78 is 17.4. The first-order valence-electron chi connectivity index (χ1n) is 27.8. The van der Waals surface area contributed by atoms with Crippen molar-refractivity contribution in [2.45, 2.75) is 258 Å². The molecule has 378 valence electrons. The fourth-order valence-corrected chi connectivity index (χ4v) is 7.51. The highest BCUT2D eigenvalue weighted by molar-refractivity contribution is 5.70. The molecule has 0 N–H and O–H groups in total. The molecule has 0 aromatic carbocycles. The number of rotatable bonds is 50. The topological polar surface area (TPSA) is 61.8 Å². The smallest absolute Gasteiger partial charge is 0.306 e. The third-order valence-electron chi connectivity index (χ3n) is 11.6. The van der Waals surface area contributed by atoms with Gasteiger partial charge < -0.3 is 14.2 Å². The van der Waals surface area contributed by atoms with Crippen molar-refractivity contribution in [1.29, 1.82) is 0 Å². The molecule has 0 saturated carbocycles. The monoisotopic (exact) mass is 917 g/mol. The Morgan fingerprint density at radius 1 is 0.348 bits per heavy atom. The molecule has 1 unspecified atom stereocenters. The molecule has 0 radical (unpaired) electrons. The molecule has 0 aromatic heterocycles. The molecule has 0 amide bonds. The highest BCUT2D eigenvalue weighted by atomic mass is 16.6. The average Bonchev–Trinajstić information content (AvgIpc) is 3.32. The molecule has 1 atom stereocenters. The summed E-state index contributed by atoms with van der Waals surface area (Å²) in [5, 5.41) is 0. The number of hydrogen-bond acceptors (Lipinski definition) is 5. The van der Waals surface area contributed by atoms with Crippen molar-refractivity contribution in [3.05, 3.63) is 97.2 Å². The highest BCUT2D eigenvalue weighted by Crippen LogP contribution is 2.15. The number of unbranched alkanes of at least 4 members (excludes halogenated alkanes) is 23. The van der Waals surface area contributed by atoms with Gasteiger partial charge in [0.25, 0.3) is 0 Å². The van der Waals surface area contributed by atoms with Gasteiger partial charge in [-0.05, 0) is 89.9 Å². The van der Waals surface area contributed by atoms with E-state index < -0.39 is 6.10 Å². The number of esters is 2. The van der Waals surface area contributed by atoms with Gasteiger partial charge in [-0.1, -0.05) is 246 Å². The van der Waals surface area contributed by atoms with Crippen molar-refractivity contribution in [1.82, 2.24) is 0 Å². The minimum absolute atomic E-state index is 0.0406. The van der Waals surface area contributed by atoms with Crippen molar-refractivity contribution in [3.8, 4) is 0 Å². The molecule has 0 fully saturated rings. The molecule has 0 aliphatic rings. The molecule has 5 nitrogen and oxygen atoms in total. The van der Waals surface area contributed by atoms with Crippen LogP contribution in [0.25, 0.3) is 0 Å². The van der Waals surface area contributed by atoms with Gasteiger partial charge >= 0.3 is 11.9 Å². The maximum atomic E-state index is 12.8. The first kappa shape index (κ1) is 62.8. The molecule has 0 heterocycles. The third-order valence-corrected chi connectivity index (χ3v) is 11.6. The van der Waals surface area contributed by atoms with Crippen LogP contribution in [0, 0.1) is 0 Å². The second kappa shape index (κ2) is 56.1. The Morgan fingerprint density at radius 3 is 1.18 bits per heavy atom. The lowest BCUT2D eigenvalue weighted by molar-refractivity contribution is -0.162. The molecule has 0 bridgehead atoms. The Kier molecular flexibility index (Phi) is 53.4. The Hall–Kier alpha value is -3.18. The van der Waals surface area contributed by atoms with Crippen LogP contribution in [0.4, 0.5) is 0 Å². The predicted octanol–water partition coefficient (Wildman–Crippen LogP) is 19.0. The predicted molar refractivity (Wildman–Crippen MR) is 288 cm³/mol. The van der Waals surface area contributed by atoms with Crippen LogP contribution in [0.15, 0.2) is 97.2 Å². The Morgan fingerprint density at radius 2 is 0.712 bits per heavy atom. The average molecular weight is 917 g/mol. The Bertz CT molecular complexity index is 1270. The van der Waals surface area contributed by atoms with Crippen LogP contribution >= 0.6 is 0 Å². The quantitative estimate of drug-likeness (QED) is 0.0346. The first-order valence-corrected chi connectivity index (χ1v) is 27.8. The van der Waals surface area contributed by atoms with E-state index in [1.165, 1.54) is 141 Å². The van der Waals surface area contributed by atoms with E-state index in [0.29, 0.717) is 25.9 Å². The molecular formula is C61H104O5. The van der Waals surface area contributed by atoms with Gasteiger partial charge in [-0.25, -0.2) is 0 Å². The zero-order valence-electron chi connectivity index (χ0n) is 43.4. The van der Waals surface area contributed by atoms with Crippen LogP contribution in [0.1, 0.15) is 252 Å². The van der Waals surface area contributed by atoms with E-state index in [1.807, 2.05) is 6.08 Å². The van der Waals surface area contributed by atoms with Gasteiger partial charge in [-0.15, -0.1) is 0 Å². The fourth-order valence-electron chi connectivity index (χ4n) is 7.51. The summed E-state index contributed by atoms with van der Waals surface area (Å²) in [6.07, 6.45) is 75.7. The molecule has 0 aliphatic carbocycles. The normalized spacial score (nSPS) is 13.0. The van der Waals surface area contributed by atoms with Gasteiger partial charge in [0.05, 0.1) is 6.61 Å². The maximum absolute atomic E-state index is 12.8. The summed E-state index contributed by atoms with van der Waals surface area (Å²) in [4.78, 5) is 25.4. The van der Waals surface area contributed by atoms with Gasteiger partial charge in [0.1, 0.15) is 6.61 Å². The van der Waals surface area contributed by atoms with Crippen LogP contribution in [0.2, 0.25) is 0 Å². The van der Waals surface area contributed by atoms with E-state index >= 15 is 0 Å². The van der Waals surface area contributed by atoms with Crippen LogP contribution in [-0.2, 0) is 23.8 Å². The maximum Gasteiger partial charge on any atom is 0.306 e. The summed E-state index contributed by atoms with van der Waals surface area (Å²) in [6.45, 7) is 7.61. The summed E-state index contributed by atoms with van der Waals surface area (Å²) >= 11 is 0. The molecule has 0 rings (SSSR count). The molecule has 5 heteroatoms. The van der Waals surface area contributed by atoms with Crippen molar-refractivity contribution < 1.29 is 23.8 Å². The summed E-state index contributed by atoms with van der Waals surface area (Å²) in [7, 11) is 0. The third kappa shape index (κ3) is 53.4. The Labute approximate surface area is 409 Å². The van der Waals surface area contributed by atoms with Gasteiger partial charge in [0.2, 0.25) is 0 Å². The standard InChI is InChI=1S/C61H104O5/c1-4-7-10-13-16-19-22-25-27-29-31-32-34-37-39-42-45-48-51-54-60(62)65-58-59(66-61(63)55-52-49-46-43-40-36-24-21-18-15-12-9-6-3)57-64-56-53-50-47-44-41-38-35-33-30-28-26-23-20-17-14-11-8-5-2/h7,10,16-17,19-20,25-28,31-32,37,39,45,48,59H,4-6,8-9,11-15,18,21-24,29-30,33-36,38,40-44,46-47,49-58H2,1-3H3/b10-7-,19-16-,20-17-,27-25-,28-26-,32-31-,39-37-,48-45-. The number of hydrogen-bond donors (Lipinski definition) is 0. The summed E-state index contributed by atoms with van der Waals surface area (Å²) in [6, 6.07) is 0. The second-order valence-corrected chi connectivity index (χ2v) is 18.1. The molecular weight excluding hydrogens is 813 g/mol. The van der Waals surface area contributed by atoms with E-state index in [9.17, 15) is 9.59 Å². The molecule has 0 aromatic rings. The highest BCUT2D eigenvalue weighted by Gasteiger charge is 2.17. The van der Waals surface area contributed by atoms with E-state index in [-0.39, 0.29) is 25.2 Å². The van der Waals surface area contributed by atoms with E-state index in [4.69, 9.17) is 14.2 Å². The fraction of sp³-hybridized carbons (Fsp3) is 0.705. The zero-order valence-corrected chi connectivity index (χ0v) is 43.4. The minimum atomic E-state index is -0.573. The molecule has 0 aliphatic heterocycles. The van der Waals surface area contributed by atoms with Gasteiger partial charge in [0, 0.05) is 19.4 Å². The summed E-state index contributed by atoms with van der Waals surface area (Å²) in [5.41, 5.74) is 0. The first-order chi connectivity index (χ1) is 32.6. The number of ether oxygens (including phenoxy) is 3. The van der Waals surface area contributed by atoms with Crippen LogP contribution < -0.4 is 0 Å². The Balaban J connectivity index is 4.38. The largest absolute Gasteiger partial charge is 0.462 e. The SMILES string of the molecule is CC/C=C\C/C=C\C/C=C\C/C=C\C/C=C\C/C=C\CCC(=O)OCC(COCCCCCCCCCC/C=C\C/C=C\CCCCC)OC(=O)CCCCCCCCCCCCCCC. The van der Waals surface area contributed by atoms with Gasteiger partial charge in [-0.2, -0.15) is 0 Å². The van der Waals surface area contributed by atoms with E-state index in [0.717, 1.165) is 70.6 Å². The molecule has 66 heavy (non-hydrogen) atoms. The van der Waals surface area contributed by atoms with Crippen molar-refractivity contribution in [2.75, 3.05) is 19.8 Å². The van der Waals surface area contributed by atoms with Gasteiger partial charge in [-0.3, -0.25) is 9.59 Å². The van der Waals surface area contributed by atoms with Crippen LogP contribution in [-0.4, -0.2) is 37.9 Å². The van der Waals surface area contributed by atoms with Crippen LogP contribution in [0.3, 0.4) is 0 Å². The lowest BCUT2D eigenvalue weighted by atomic mass is 10.0. The van der Waals surface area contributed by atoms with Crippen molar-refractivity contribution in [2.24, 2.45) is 0 Å². The van der Waals surface area contributed by atoms with Crippen LogP contribution in [0.5, 0.6) is 0 Å². The number of allylic oxidation sites excluding steroid dienone is 16. The lowest BCUT2D eigenvalue weighted by Crippen LogP contribution is -2.30. The number of carbonyl (C=O) groups excluding carboxylic acids is 2. The molecule has 0 saturated heterocycles. The van der Waals surface area contributed by atoms with E-state index in [2.05, 4.69) is 112 Å². The number of carbonyl (C=O) groups is 2. The minimum Gasteiger partial charge on any atom is -0.462 e. The molecule has 0 spiro atoms. The zero-order chi connectivity index (χ0) is 47.7. The lowest BCUT2D eigenvalue weighted by Gasteiger charge is -2.18. The van der Waals surface area contributed by atoms with Crippen molar-refractivity contribution in [3.63, 3.8) is 0 Å². The van der Waals surface area contributed by atoms with Gasteiger partial charge in [0.15, 0.2) is 6.10 Å². The van der Waals surface area contributed by atoms with Crippen molar-refractivity contribution >= 4 is 11.9 Å².